The predicted octanol–water partition coefficient (Wildman–Crippen LogP) is 2.76. The van der Waals surface area contributed by atoms with Crippen LogP contribution in [0.4, 0.5) is 11.4 Å². The fourth-order valence-electron chi connectivity index (χ4n) is 2.23. The number of ether oxygens (including phenoxy) is 1. The summed E-state index contributed by atoms with van der Waals surface area (Å²) >= 11 is 5.77. The van der Waals surface area contributed by atoms with Gasteiger partial charge < -0.3 is 20.4 Å². The molecule has 3 rings (SSSR count). The highest BCUT2D eigenvalue weighted by Crippen LogP contribution is 2.15. The molecule has 0 saturated carbocycles. The molecule has 0 unspecified atom stereocenters. The average Bonchev–Trinajstić information content (AvgIpc) is 3.24. The standard InChI is InChI=1S/C17H16ClN5O3/c1-26-14-4-2-12(3-5-14)21-16(24)10-23-9-13(8-20-23)22-17(25)15-6-11(18)7-19-15/h2-9,19H,10H2,1H3,(H,21,24)(H,22,25). The molecular weight excluding hydrogens is 358 g/mol. The third-order valence-corrected chi connectivity index (χ3v) is 3.68. The maximum atomic E-state index is 12.1. The van der Waals surface area contributed by atoms with E-state index >= 15 is 0 Å². The number of nitrogens with one attached hydrogen (secondary N) is 3. The second-order valence-corrected chi connectivity index (χ2v) is 5.83. The molecule has 2 amide bonds. The first kappa shape index (κ1) is 17.6. The SMILES string of the molecule is COc1ccc(NC(=O)Cn2cc(NC(=O)c3cc(Cl)c[nH]3)cn2)cc1. The molecule has 0 radical (unpaired) electrons. The first-order valence-corrected chi connectivity index (χ1v) is 8.03. The Bertz CT molecular complexity index is 917. The molecule has 134 valence electrons. The average molecular weight is 374 g/mol. The maximum absolute atomic E-state index is 12.1. The van der Waals surface area contributed by atoms with Crippen LogP contribution in [0.3, 0.4) is 0 Å². The Morgan fingerprint density at radius 2 is 2.00 bits per heavy atom. The topological polar surface area (TPSA) is 101 Å². The number of amides is 2. The van der Waals surface area contributed by atoms with Crippen LogP contribution in [0.2, 0.25) is 5.02 Å². The van der Waals surface area contributed by atoms with Crippen LogP contribution >= 0.6 is 11.6 Å². The van der Waals surface area contributed by atoms with E-state index in [1.807, 2.05) is 0 Å². The number of methoxy groups -OCH3 is 1. The van der Waals surface area contributed by atoms with Crippen molar-refractivity contribution in [2.75, 3.05) is 17.7 Å². The van der Waals surface area contributed by atoms with Crippen molar-refractivity contribution >= 4 is 34.8 Å². The highest BCUT2D eigenvalue weighted by atomic mass is 35.5. The number of nitrogens with zero attached hydrogens (tertiary/aromatic N) is 2. The zero-order chi connectivity index (χ0) is 18.5. The number of aromatic nitrogens is 3. The second kappa shape index (κ2) is 7.75. The highest BCUT2D eigenvalue weighted by Gasteiger charge is 2.11. The molecule has 0 saturated heterocycles. The first-order valence-electron chi connectivity index (χ1n) is 7.65. The van der Waals surface area contributed by atoms with Crippen molar-refractivity contribution in [1.82, 2.24) is 14.8 Å². The van der Waals surface area contributed by atoms with Gasteiger partial charge in [0.2, 0.25) is 5.91 Å². The molecule has 26 heavy (non-hydrogen) atoms. The fourth-order valence-corrected chi connectivity index (χ4v) is 2.40. The van der Waals surface area contributed by atoms with Crippen molar-refractivity contribution in [2.24, 2.45) is 0 Å². The van der Waals surface area contributed by atoms with E-state index in [0.717, 1.165) is 0 Å². The van der Waals surface area contributed by atoms with Crippen LogP contribution in [0.5, 0.6) is 5.75 Å². The molecule has 0 bridgehead atoms. The zero-order valence-electron chi connectivity index (χ0n) is 13.8. The number of carbonyl (C=O) groups is 2. The number of benzene rings is 1. The first-order chi connectivity index (χ1) is 12.5. The van der Waals surface area contributed by atoms with Gasteiger partial charge in [0.05, 0.1) is 24.0 Å². The molecule has 2 aromatic heterocycles. The lowest BCUT2D eigenvalue weighted by molar-refractivity contribution is -0.116. The number of H-pyrrole nitrogens is 1. The number of hydrogen-bond donors (Lipinski definition) is 3. The van der Waals surface area contributed by atoms with Crippen LogP contribution in [-0.4, -0.2) is 33.7 Å². The third-order valence-electron chi connectivity index (χ3n) is 3.46. The van der Waals surface area contributed by atoms with Gasteiger partial charge in [-0.3, -0.25) is 14.3 Å². The fraction of sp³-hybridized carbons (Fsp3) is 0.118. The summed E-state index contributed by atoms with van der Waals surface area (Å²) in [6.45, 7) is 0.0101. The Balaban J connectivity index is 1.55. The molecule has 9 heteroatoms. The lowest BCUT2D eigenvalue weighted by Crippen LogP contribution is -2.19. The summed E-state index contributed by atoms with van der Waals surface area (Å²) in [6.07, 6.45) is 4.54. The van der Waals surface area contributed by atoms with Crippen molar-refractivity contribution in [3.63, 3.8) is 0 Å². The maximum Gasteiger partial charge on any atom is 0.272 e. The van der Waals surface area contributed by atoms with Gasteiger partial charge in [0.15, 0.2) is 0 Å². The molecule has 0 aliphatic heterocycles. The van der Waals surface area contributed by atoms with Crippen LogP contribution < -0.4 is 15.4 Å². The van der Waals surface area contributed by atoms with Gasteiger partial charge in [0.25, 0.3) is 5.91 Å². The van der Waals surface area contributed by atoms with Crippen molar-refractivity contribution in [2.45, 2.75) is 6.54 Å². The third kappa shape index (κ3) is 4.42. The summed E-state index contributed by atoms with van der Waals surface area (Å²) in [5.41, 5.74) is 1.46. The zero-order valence-corrected chi connectivity index (χ0v) is 14.6. The van der Waals surface area contributed by atoms with Crippen molar-refractivity contribution in [3.05, 3.63) is 59.6 Å². The summed E-state index contributed by atoms with van der Waals surface area (Å²) < 4.78 is 6.49. The number of hydrogen-bond acceptors (Lipinski definition) is 4. The normalized spacial score (nSPS) is 10.4. The van der Waals surface area contributed by atoms with Crippen molar-refractivity contribution < 1.29 is 14.3 Å². The van der Waals surface area contributed by atoms with Crippen LogP contribution in [0, 0.1) is 0 Å². The number of halogens is 1. The van der Waals surface area contributed by atoms with E-state index in [4.69, 9.17) is 16.3 Å². The predicted molar refractivity (Wildman–Crippen MR) is 97.6 cm³/mol. The number of aromatic amines is 1. The smallest absolute Gasteiger partial charge is 0.272 e. The van der Waals surface area contributed by atoms with E-state index in [1.165, 1.54) is 23.1 Å². The van der Waals surface area contributed by atoms with E-state index in [9.17, 15) is 9.59 Å². The van der Waals surface area contributed by atoms with Gasteiger partial charge in [-0.05, 0) is 30.3 Å². The highest BCUT2D eigenvalue weighted by molar-refractivity contribution is 6.31. The van der Waals surface area contributed by atoms with Crippen LogP contribution in [-0.2, 0) is 11.3 Å². The largest absolute Gasteiger partial charge is 0.497 e. The molecule has 0 aliphatic carbocycles. The van der Waals surface area contributed by atoms with Gasteiger partial charge in [-0.15, -0.1) is 0 Å². The molecule has 3 aromatic rings. The molecule has 3 N–H and O–H groups in total. The van der Waals surface area contributed by atoms with E-state index in [-0.39, 0.29) is 18.4 Å². The van der Waals surface area contributed by atoms with Gasteiger partial charge in [-0.2, -0.15) is 5.10 Å². The van der Waals surface area contributed by atoms with Gasteiger partial charge in [0, 0.05) is 18.1 Å². The van der Waals surface area contributed by atoms with Crippen LogP contribution in [0.15, 0.2) is 48.9 Å². The quantitative estimate of drug-likeness (QED) is 0.618. The van der Waals surface area contributed by atoms with Crippen molar-refractivity contribution in [3.8, 4) is 5.75 Å². The number of rotatable bonds is 6. The summed E-state index contributed by atoms with van der Waals surface area (Å²) in [5.74, 6) is 0.116. The monoisotopic (exact) mass is 373 g/mol. The molecule has 2 heterocycles. The molecule has 0 fully saturated rings. The van der Waals surface area contributed by atoms with Crippen LogP contribution in [0.1, 0.15) is 10.5 Å². The Kier molecular flexibility index (Phi) is 5.23. The summed E-state index contributed by atoms with van der Waals surface area (Å²) in [5, 5.41) is 9.94. The Labute approximate surface area is 154 Å². The van der Waals surface area contributed by atoms with Gasteiger partial charge in [-0.1, -0.05) is 11.6 Å². The molecular formula is C17H16ClN5O3. The molecule has 0 spiro atoms. The minimum Gasteiger partial charge on any atom is -0.497 e. The molecule has 1 aromatic carbocycles. The van der Waals surface area contributed by atoms with E-state index in [2.05, 4.69) is 20.7 Å². The minimum absolute atomic E-state index is 0.0101. The number of anilines is 2. The Hall–Kier alpha value is -3.26. The van der Waals surface area contributed by atoms with E-state index < -0.39 is 0 Å². The van der Waals surface area contributed by atoms with Crippen molar-refractivity contribution in [1.29, 1.82) is 0 Å². The van der Waals surface area contributed by atoms with Gasteiger partial charge >= 0.3 is 0 Å². The Morgan fingerprint density at radius 1 is 1.23 bits per heavy atom. The van der Waals surface area contributed by atoms with E-state index in [1.54, 1.807) is 37.6 Å². The van der Waals surface area contributed by atoms with Gasteiger partial charge in [0.1, 0.15) is 18.0 Å². The second-order valence-electron chi connectivity index (χ2n) is 5.39. The summed E-state index contributed by atoms with van der Waals surface area (Å²) in [4.78, 5) is 26.9. The summed E-state index contributed by atoms with van der Waals surface area (Å²) in [6, 6.07) is 8.51. The molecule has 0 aliphatic rings. The number of carbonyl (C=O) groups excluding carboxylic acids is 2. The summed E-state index contributed by atoms with van der Waals surface area (Å²) in [7, 11) is 1.58. The minimum atomic E-state index is -0.348. The lowest BCUT2D eigenvalue weighted by Gasteiger charge is -2.06. The van der Waals surface area contributed by atoms with Crippen LogP contribution in [0.25, 0.3) is 0 Å². The molecule has 8 nitrogen and oxygen atoms in total. The van der Waals surface area contributed by atoms with E-state index in [0.29, 0.717) is 27.8 Å². The molecule has 0 atom stereocenters. The van der Waals surface area contributed by atoms with Gasteiger partial charge in [-0.25, -0.2) is 0 Å². The Morgan fingerprint density at radius 3 is 2.65 bits per heavy atom. The lowest BCUT2D eigenvalue weighted by atomic mass is 10.3.